The smallest absolute Gasteiger partial charge is 0.232 e. The van der Waals surface area contributed by atoms with E-state index in [9.17, 15) is 9.59 Å². The summed E-state index contributed by atoms with van der Waals surface area (Å²) in [7, 11) is 0. The van der Waals surface area contributed by atoms with Crippen molar-refractivity contribution in [3.63, 3.8) is 0 Å². The van der Waals surface area contributed by atoms with Gasteiger partial charge in [0.1, 0.15) is 0 Å². The van der Waals surface area contributed by atoms with Gasteiger partial charge in [-0.15, -0.1) is 0 Å². The highest BCUT2D eigenvalue weighted by atomic mass is 16.2. The third-order valence-corrected chi connectivity index (χ3v) is 2.40. The van der Waals surface area contributed by atoms with Crippen LogP contribution in [0.3, 0.4) is 0 Å². The van der Waals surface area contributed by atoms with Gasteiger partial charge in [0, 0.05) is 17.5 Å². The normalized spacial score (nSPS) is 20.2. The molecule has 0 aromatic carbocycles. The maximum Gasteiger partial charge on any atom is 0.232 e. The minimum Gasteiger partial charge on any atom is -0.290 e. The summed E-state index contributed by atoms with van der Waals surface area (Å²) in [5.41, 5.74) is 0.621. The first-order valence-electron chi connectivity index (χ1n) is 4.14. The van der Waals surface area contributed by atoms with Gasteiger partial charge >= 0.3 is 0 Å². The molecule has 0 aliphatic heterocycles. The second kappa shape index (κ2) is 2.28. The predicted molar refractivity (Wildman–Crippen MR) is 45.4 cm³/mol. The Kier molecular flexibility index (Phi) is 1.43. The van der Waals surface area contributed by atoms with Crippen LogP contribution in [0.25, 0.3) is 0 Å². The van der Waals surface area contributed by atoms with Crippen molar-refractivity contribution in [1.82, 2.24) is 10.2 Å². The van der Waals surface area contributed by atoms with Crippen LogP contribution < -0.4 is 0 Å². The number of rotatable bonds is 0. The summed E-state index contributed by atoms with van der Waals surface area (Å²) in [5, 5.41) is 6.50. The highest BCUT2D eigenvalue weighted by Gasteiger charge is 2.40. The topological polar surface area (TPSA) is 62.8 Å². The number of hydrogen-bond acceptors (Lipinski definition) is 3. The molecule has 4 heteroatoms. The Hall–Kier alpha value is -1.45. The second-order valence-electron chi connectivity index (χ2n) is 3.98. The first-order valence-corrected chi connectivity index (χ1v) is 4.14. The maximum absolute atomic E-state index is 11.5. The van der Waals surface area contributed by atoms with Crippen LogP contribution in [0.2, 0.25) is 0 Å². The summed E-state index contributed by atoms with van der Waals surface area (Å²) in [5.74, 6) is -0.735. The highest BCUT2D eigenvalue weighted by molar-refractivity contribution is 6.46. The van der Waals surface area contributed by atoms with Crippen LogP contribution in [-0.2, 0) is 11.2 Å². The summed E-state index contributed by atoms with van der Waals surface area (Å²) in [4.78, 5) is 23.0. The molecule has 1 aliphatic rings. The van der Waals surface area contributed by atoms with E-state index in [1.807, 2.05) is 0 Å². The molecule has 0 saturated heterocycles. The van der Waals surface area contributed by atoms with Crippen LogP contribution in [0.5, 0.6) is 0 Å². The standard InChI is InChI=1S/C9H10N2O2/c1-9(2)3-6-5(4-10-11-6)7(12)8(9)13/h4H,3H2,1-2H3,(H,10,11). The molecule has 0 amide bonds. The minimum absolute atomic E-state index is 0.318. The number of aromatic amines is 1. The summed E-state index contributed by atoms with van der Waals surface area (Å²) in [6, 6.07) is 0. The lowest BCUT2D eigenvalue weighted by Gasteiger charge is -2.25. The van der Waals surface area contributed by atoms with Crippen molar-refractivity contribution in [2.45, 2.75) is 20.3 Å². The lowest BCUT2D eigenvalue weighted by atomic mass is 9.75. The molecular weight excluding hydrogens is 168 g/mol. The van der Waals surface area contributed by atoms with Gasteiger partial charge in [-0.2, -0.15) is 5.10 Å². The number of fused-ring (bicyclic) bond motifs is 1. The molecule has 1 aromatic rings. The fourth-order valence-electron chi connectivity index (χ4n) is 1.60. The van der Waals surface area contributed by atoms with Crippen molar-refractivity contribution < 1.29 is 9.59 Å². The number of nitrogens with one attached hydrogen (secondary N) is 1. The number of carbonyl (C=O) groups is 2. The Morgan fingerprint density at radius 1 is 1.46 bits per heavy atom. The van der Waals surface area contributed by atoms with Crippen LogP contribution in [0.15, 0.2) is 6.20 Å². The van der Waals surface area contributed by atoms with Gasteiger partial charge in [0.2, 0.25) is 11.6 Å². The summed E-state index contributed by atoms with van der Waals surface area (Å²) in [6.45, 7) is 3.55. The number of Topliss-reactive ketones (excluding diaryl/α,β-unsaturated/α-hetero) is 2. The van der Waals surface area contributed by atoms with Crippen molar-refractivity contribution >= 4 is 11.6 Å². The Morgan fingerprint density at radius 3 is 2.85 bits per heavy atom. The van der Waals surface area contributed by atoms with Crippen molar-refractivity contribution in [2.75, 3.05) is 0 Å². The molecule has 0 fully saturated rings. The third kappa shape index (κ3) is 1.02. The van der Waals surface area contributed by atoms with Crippen molar-refractivity contribution in [1.29, 1.82) is 0 Å². The number of ketones is 2. The molecule has 1 N–H and O–H groups in total. The van der Waals surface area contributed by atoms with E-state index in [1.54, 1.807) is 13.8 Å². The fraction of sp³-hybridized carbons (Fsp3) is 0.444. The number of H-pyrrole nitrogens is 1. The van der Waals surface area contributed by atoms with Gasteiger partial charge in [0.25, 0.3) is 0 Å². The molecule has 0 saturated carbocycles. The molecule has 2 rings (SSSR count). The molecule has 68 valence electrons. The Balaban J connectivity index is 2.57. The number of aromatic nitrogens is 2. The van der Waals surface area contributed by atoms with Gasteiger partial charge in [-0.1, -0.05) is 13.8 Å². The molecule has 0 radical (unpaired) electrons. The van der Waals surface area contributed by atoms with Crippen molar-refractivity contribution in [2.24, 2.45) is 5.41 Å². The van der Waals surface area contributed by atoms with Crippen LogP contribution >= 0.6 is 0 Å². The number of carbonyl (C=O) groups excluding carboxylic acids is 2. The summed E-state index contributed by atoms with van der Waals surface area (Å²) in [6.07, 6.45) is 1.98. The van der Waals surface area contributed by atoms with Gasteiger partial charge in [0.15, 0.2) is 0 Å². The van der Waals surface area contributed by atoms with E-state index < -0.39 is 11.2 Å². The molecule has 1 aromatic heterocycles. The predicted octanol–water partition coefficient (Wildman–Crippen LogP) is 0.744. The molecule has 1 aliphatic carbocycles. The largest absolute Gasteiger partial charge is 0.290 e. The third-order valence-electron chi connectivity index (χ3n) is 2.40. The number of hydrogen-bond donors (Lipinski definition) is 1. The van der Waals surface area contributed by atoms with E-state index in [4.69, 9.17) is 0 Å². The molecule has 0 spiro atoms. The van der Waals surface area contributed by atoms with E-state index in [0.29, 0.717) is 12.0 Å². The Morgan fingerprint density at radius 2 is 2.15 bits per heavy atom. The fourth-order valence-corrected chi connectivity index (χ4v) is 1.60. The van der Waals surface area contributed by atoms with E-state index in [0.717, 1.165) is 5.69 Å². The molecule has 13 heavy (non-hydrogen) atoms. The average molecular weight is 178 g/mol. The van der Waals surface area contributed by atoms with Crippen LogP contribution in [0.4, 0.5) is 0 Å². The second-order valence-corrected chi connectivity index (χ2v) is 3.98. The minimum atomic E-state index is -0.587. The molecule has 0 unspecified atom stereocenters. The lowest BCUT2D eigenvalue weighted by molar-refractivity contribution is -0.123. The van der Waals surface area contributed by atoms with Gasteiger partial charge in [0.05, 0.1) is 11.8 Å². The quantitative estimate of drug-likeness (QED) is 0.596. The van der Waals surface area contributed by atoms with Crippen molar-refractivity contribution in [3.05, 3.63) is 17.5 Å². The van der Waals surface area contributed by atoms with Crippen molar-refractivity contribution in [3.8, 4) is 0 Å². The zero-order valence-corrected chi connectivity index (χ0v) is 7.55. The first kappa shape index (κ1) is 8.16. The average Bonchev–Trinajstić information content (AvgIpc) is 2.47. The van der Waals surface area contributed by atoms with Crippen LogP contribution in [0, 0.1) is 5.41 Å². The van der Waals surface area contributed by atoms with Gasteiger partial charge in [-0.05, 0) is 0 Å². The van der Waals surface area contributed by atoms with Crippen LogP contribution in [-0.4, -0.2) is 21.8 Å². The van der Waals surface area contributed by atoms with Gasteiger partial charge in [-0.3, -0.25) is 14.7 Å². The summed E-state index contributed by atoms with van der Waals surface area (Å²) >= 11 is 0. The van der Waals surface area contributed by atoms with Gasteiger partial charge in [-0.25, -0.2) is 0 Å². The molecule has 0 atom stereocenters. The van der Waals surface area contributed by atoms with E-state index in [1.165, 1.54) is 6.20 Å². The van der Waals surface area contributed by atoms with Crippen LogP contribution in [0.1, 0.15) is 29.9 Å². The SMILES string of the molecule is CC1(C)Cc2[nH]ncc2C(=O)C1=O. The molecule has 0 bridgehead atoms. The van der Waals surface area contributed by atoms with E-state index >= 15 is 0 Å². The Labute approximate surface area is 75.3 Å². The number of nitrogens with zero attached hydrogens (tertiary/aromatic N) is 1. The van der Waals surface area contributed by atoms with Gasteiger partial charge < -0.3 is 0 Å². The highest BCUT2D eigenvalue weighted by Crippen LogP contribution is 2.30. The lowest BCUT2D eigenvalue weighted by Crippen LogP contribution is -2.38. The van der Waals surface area contributed by atoms with E-state index in [-0.39, 0.29) is 5.78 Å². The zero-order valence-electron chi connectivity index (χ0n) is 7.55. The first-order chi connectivity index (χ1) is 6.02. The molecule has 4 nitrogen and oxygen atoms in total. The zero-order chi connectivity index (χ0) is 9.64. The van der Waals surface area contributed by atoms with E-state index in [2.05, 4.69) is 10.2 Å². The monoisotopic (exact) mass is 178 g/mol. The Bertz CT molecular complexity index is 390. The molecular formula is C9H10N2O2. The summed E-state index contributed by atoms with van der Waals surface area (Å²) < 4.78 is 0. The molecule has 1 heterocycles. The maximum atomic E-state index is 11.5.